The Morgan fingerprint density at radius 1 is 1.41 bits per heavy atom. The molecule has 1 aromatic rings. The van der Waals surface area contributed by atoms with Crippen molar-refractivity contribution in [1.82, 2.24) is 5.32 Å². The molecule has 2 atom stereocenters. The first kappa shape index (κ1) is 17.4. The van der Waals surface area contributed by atoms with Gasteiger partial charge in [0.1, 0.15) is 5.75 Å². The molecule has 1 aromatic carbocycles. The van der Waals surface area contributed by atoms with Crippen LogP contribution in [-0.4, -0.2) is 39.0 Å². The maximum absolute atomic E-state index is 12.4. The van der Waals surface area contributed by atoms with Crippen molar-refractivity contribution in [3.05, 3.63) is 23.2 Å². The minimum Gasteiger partial charge on any atom is -0.481 e. The lowest BCUT2D eigenvalue weighted by atomic mass is 10.3. The number of sulfone groups is 1. The molecule has 124 valence electrons. The van der Waals surface area contributed by atoms with Crippen LogP contribution < -0.4 is 10.1 Å². The van der Waals surface area contributed by atoms with E-state index in [1.54, 1.807) is 0 Å². The molecule has 0 amide bonds. The molecule has 9 heteroatoms. The molecule has 1 aliphatic rings. The third-order valence-electron chi connectivity index (χ3n) is 3.44. The van der Waals surface area contributed by atoms with E-state index in [1.165, 1.54) is 12.1 Å². The van der Waals surface area contributed by atoms with E-state index >= 15 is 0 Å². The molecular formula is C13H15ClF3NO3S. The largest absolute Gasteiger partial charge is 0.481 e. The van der Waals surface area contributed by atoms with E-state index in [2.05, 4.69) is 5.32 Å². The van der Waals surface area contributed by atoms with Crippen LogP contribution in [0.15, 0.2) is 23.1 Å². The number of benzene rings is 1. The fourth-order valence-corrected chi connectivity index (χ4v) is 4.34. The Morgan fingerprint density at radius 2 is 2.09 bits per heavy atom. The van der Waals surface area contributed by atoms with Crippen molar-refractivity contribution in [2.24, 2.45) is 0 Å². The average molecular weight is 358 g/mol. The highest BCUT2D eigenvalue weighted by Crippen LogP contribution is 2.32. The second-order valence-corrected chi connectivity index (χ2v) is 7.66. The van der Waals surface area contributed by atoms with Crippen molar-refractivity contribution < 1.29 is 26.3 Å². The molecule has 0 radical (unpaired) electrons. The second kappa shape index (κ2) is 6.25. The molecule has 0 bridgehead atoms. The van der Waals surface area contributed by atoms with Crippen LogP contribution in [0, 0.1) is 0 Å². The Balaban J connectivity index is 2.23. The summed E-state index contributed by atoms with van der Waals surface area (Å²) < 4.78 is 66.9. The quantitative estimate of drug-likeness (QED) is 0.900. The molecule has 4 nitrogen and oxygen atoms in total. The van der Waals surface area contributed by atoms with E-state index in [4.69, 9.17) is 16.3 Å². The normalized spacial score (nSPS) is 20.9. The average Bonchev–Trinajstić information content (AvgIpc) is 2.91. The minimum absolute atomic E-state index is 0.0881. The van der Waals surface area contributed by atoms with E-state index in [1.807, 2.05) is 0 Å². The molecule has 1 fully saturated rings. The van der Waals surface area contributed by atoms with Crippen LogP contribution in [0.3, 0.4) is 0 Å². The van der Waals surface area contributed by atoms with Gasteiger partial charge < -0.3 is 10.1 Å². The van der Waals surface area contributed by atoms with Gasteiger partial charge >= 0.3 is 6.18 Å². The zero-order valence-electron chi connectivity index (χ0n) is 11.7. The van der Waals surface area contributed by atoms with Gasteiger partial charge in [0.25, 0.3) is 0 Å². The van der Waals surface area contributed by atoms with Gasteiger partial charge in [-0.05, 0) is 32.0 Å². The topological polar surface area (TPSA) is 55.4 Å². The molecular weight excluding hydrogens is 343 g/mol. The number of hydrogen-bond acceptors (Lipinski definition) is 4. The molecule has 0 spiro atoms. The predicted octanol–water partition coefficient (Wildman–Crippen LogP) is 2.81. The van der Waals surface area contributed by atoms with E-state index in [9.17, 15) is 21.6 Å². The van der Waals surface area contributed by atoms with Crippen LogP contribution in [-0.2, 0) is 9.84 Å². The lowest BCUT2D eigenvalue weighted by Crippen LogP contribution is -2.31. The smallest absolute Gasteiger partial charge is 0.425 e. The molecule has 1 aliphatic heterocycles. The zero-order chi connectivity index (χ0) is 16.5. The summed E-state index contributed by atoms with van der Waals surface area (Å²) in [7, 11) is -3.62. The summed E-state index contributed by atoms with van der Waals surface area (Å²) in [5.41, 5.74) is 0. The van der Waals surface area contributed by atoms with E-state index in [-0.39, 0.29) is 15.7 Å². The Bertz CT molecular complexity index is 642. The molecule has 0 aliphatic carbocycles. The monoisotopic (exact) mass is 357 g/mol. The molecule has 2 rings (SSSR count). The molecule has 2 unspecified atom stereocenters. The van der Waals surface area contributed by atoms with Gasteiger partial charge in [-0.2, -0.15) is 13.2 Å². The summed E-state index contributed by atoms with van der Waals surface area (Å²) in [6.45, 7) is 1.80. The lowest BCUT2D eigenvalue weighted by Gasteiger charge is -2.18. The van der Waals surface area contributed by atoms with Gasteiger partial charge in [-0.1, -0.05) is 11.6 Å². The van der Waals surface area contributed by atoms with E-state index in [0.717, 1.165) is 13.0 Å². The van der Waals surface area contributed by atoms with Crippen molar-refractivity contribution in [1.29, 1.82) is 0 Å². The molecule has 0 saturated carbocycles. The summed E-state index contributed by atoms with van der Waals surface area (Å²) in [4.78, 5) is -0.0881. The molecule has 1 N–H and O–H groups in total. The first-order valence-corrected chi connectivity index (χ1v) is 8.52. The standard InChI is InChI=1S/C13H15ClF3NO3S/c1-8(13(15,16)17)21-9-2-3-12(11(14)6-9)22(19,20)10-4-5-18-7-10/h2-3,6,8,10,18H,4-5,7H2,1H3. The number of ether oxygens (including phenoxy) is 1. The summed E-state index contributed by atoms with van der Waals surface area (Å²) >= 11 is 5.93. The fourth-order valence-electron chi connectivity index (χ4n) is 2.13. The number of hydrogen-bond donors (Lipinski definition) is 1. The Morgan fingerprint density at radius 3 is 2.59 bits per heavy atom. The first-order valence-electron chi connectivity index (χ1n) is 6.60. The molecule has 1 heterocycles. The molecule has 0 aromatic heterocycles. The Hall–Kier alpha value is -0.990. The van der Waals surface area contributed by atoms with Gasteiger partial charge in [0.05, 0.1) is 15.2 Å². The zero-order valence-corrected chi connectivity index (χ0v) is 13.2. The number of nitrogens with one attached hydrogen (secondary N) is 1. The van der Waals surface area contributed by atoms with E-state index < -0.39 is 27.4 Å². The lowest BCUT2D eigenvalue weighted by molar-refractivity contribution is -0.189. The minimum atomic E-state index is -4.51. The van der Waals surface area contributed by atoms with Gasteiger partial charge in [0.15, 0.2) is 15.9 Å². The fraction of sp³-hybridized carbons (Fsp3) is 0.538. The van der Waals surface area contributed by atoms with Crippen LogP contribution >= 0.6 is 11.6 Å². The Kier molecular flexibility index (Phi) is 4.93. The van der Waals surface area contributed by atoms with Crippen molar-refractivity contribution in [2.45, 2.75) is 35.8 Å². The summed E-state index contributed by atoms with van der Waals surface area (Å²) in [6, 6.07) is 3.47. The van der Waals surface area contributed by atoms with Gasteiger partial charge in [-0.25, -0.2) is 8.42 Å². The molecule has 22 heavy (non-hydrogen) atoms. The van der Waals surface area contributed by atoms with Crippen LogP contribution in [0.4, 0.5) is 13.2 Å². The van der Waals surface area contributed by atoms with Crippen LogP contribution in [0.2, 0.25) is 5.02 Å². The number of rotatable bonds is 4. The van der Waals surface area contributed by atoms with Crippen molar-refractivity contribution >= 4 is 21.4 Å². The summed E-state index contributed by atoms with van der Waals surface area (Å²) in [5.74, 6) is -0.127. The van der Waals surface area contributed by atoms with Crippen molar-refractivity contribution in [3.63, 3.8) is 0 Å². The number of alkyl halides is 3. The highest BCUT2D eigenvalue weighted by molar-refractivity contribution is 7.92. The van der Waals surface area contributed by atoms with E-state index in [0.29, 0.717) is 19.5 Å². The van der Waals surface area contributed by atoms with Crippen molar-refractivity contribution in [3.8, 4) is 5.75 Å². The van der Waals surface area contributed by atoms with Crippen molar-refractivity contribution in [2.75, 3.05) is 13.1 Å². The maximum Gasteiger partial charge on any atom is 0.425 e. The predicted molar refractivity (Wildman–Crippen MR) is 76.1 cm³/mol. The van der Waals surface area contributed by atoms with Gasteiger partial charge in [-0.3, -0.25) is 0 Å². The Labute approximate surface area is 131 Å². The summed E-state index contributed by atoms with van der Waals surface area (Å²) in [6.07, 6.45) is -6.04. The van der Waals surface area contributed by atoms with Gasteiger partial charge in [0.2, 0.25) is 0 Å². The second-order valence-electron chi connectivity index (χ2n) is 5.05. The highest BCUT2D eigenvalue weighted by atomic mass is 35.5. The molecule has 1 saturated heterocycles. The third-order valence-corrected chi connectivity index (χ3v) is 6.11. The number of halogens is 4. The van der Waals surface area contributed by atoms with Crippen LogP contribution in [0.5, 0.6) is 5.75 Å². The van der Waals surface area contributed by atoms with Crippen LogP contribution in [0.1, 0.15) is 13.3 Å². The van der Waals surface area contributed by atoms with Gasteiger partial charge in [-0.15, -0.1) is 0 Å². The maximum atomic E-state index is 12.4. The third kappa shape index (κ3) is 3.67. The summed E-state index contributed by atoms with van der Waals surface area (Å²) in [5, 5.41) is 2.23. The first-order chi connectivity index (χ1) is 10.1. The SMILES string of the molecule is CC(Oc1ccc(S(=O)(=O)C2CCNC2)c(Cl)c1)C(F)(F)F. The van der Waals surface area contributed by atoms with Gasteiger partial charge in [0, 0.05) is 12.6 Å². The van der Waals surface area contributed by atoms with Crippen LogP contribution in [0.25, 0.3) is 0 Å². The highest BCUT2D eigenvalue weighted by Gasteiger charge is 2.38.